The molecule has 0 N–H and O–H groups in total. The highest BCUT2D eigenvalue weighted by atomic mass is 32.1. The third kappa shape index (κ3) is 2.55. The van der Waals surface area contributed by atoms with Gasteiger partial charge < -0.3 is 0 Å². The summed E-state index contributed by atoms with van der Waals surface area (Å²) in [5, 5.41) is 2.00. The molecule has 0 atom stereocenters. The first-order valence-electron chi connectivity index (χ1n) is 4.49. The van der Waals surface area contributed by atoms with Gasteiger partial charge in [-0.3, -0.25) is 4.79 Å². The second-order valence-electron chi connectivity index (χ2n) is 2.97. The Morgan fingerprint density at radius 3 is 2.47 bits per heavy atom. The molecule has 1 aromatic carbocycles. The van der Waals surface area contributed by atoms with Gasteiger partial charge in [0.15, 0.2) is 0 Å². The van der Waals surface area contributed by atoms with Crippen LogP contribution in [0.5, 0.6) is 0 Å². The number of hydrogen-bond donors (Lipinski definition) is 0. The fraction of sp³-hybridized carbons (Fsp3) is 0. The molecule has 1 nitrogen and oxygen atoms in total. The van der Waals surface area contributed by atoms with E-state index in [0.717, 1.165) is 16.7 Å². The Balaban J connectivity index is 2.21. The number of carbonyl (C=O) groups is 1. The summed E-state index contributed by atoms with van der Waals surface area (Å²) in [6.45, 7) is 0. The molecule has 2 heteroatoms. The minimum atomic E-state index is 0.677. The SMILES string of the molecule is O=Cc1ccc(C#Cc2cccs2)cc1. The van der Waals surface area contributed by atoms with Gasteiger partial charge in [-0.25, -0.2) is 0 Å². The third-order valence-corrected chi connectivity index (χ3v) is 2.68. The van der Waals surface area contributed by atoms with Gasteiger partial charge in [0.2, 0.25) is 0 Å². The molecule has 0 aliphatic rings. The lowest BCUT2D eigenvalue weighted by atomic mass is 10.1. The average molecular weight is 212 g/mol. The summed E-state index contributed by atoms with van der Waals surface area (Å²) in [6.07, 6.45) is 0.830. The lowest BCUT2D eigenvalue weighted by molar-refractivity contribution is 0.112. The topological polar surface area (TPSA) is 17.1 Å². The van der Waals surface area contributed by atoms with Crippen molar-refractivity contribution >= 4 is 17.6 Å². The molecule has 0 radical (unpaired) electrons. The summed E-state index contributed by atoms with van der Waals surface area (Å²) in [5.74, 6) is 6.10. The maximum absolute atomic E-state index is 10.4. The Morgan fingerprint density at radius 2 is 1.87 bits per heavy atom. The zero-order valence-electron chi connectivity index (χ0n) is 7.94. The van der Waals surface area contributed by atoms with Crippen molar-refractivity contribution in [2.24, 2.45) is 0 Å². The Kier molecular flexibility index (Phi) is 2.96. The van der Waals surface area contributed by atoms with Crippen molar-refractivity contribution in [2.45, 2.75) is 0 Å². The first-order valence-corrected chi connectivity index (χ1v) is 5.37. The number of benzene rings is 1. The molecule has 1 aromatic heterocycles. The van der Waals surface area contributed by atoms with E-state index in [0.29, 0.717) is 5.56 Å². The molecule has 15 heavy (non-hydrogen) atoms. The van der Waals surface area contributed by atoms with Crippen molar-refractivity contribution in [1.82, 2.24) is 0 Å². The van der Waals surface area contributed by atoms with E-state index >= 15 is 0 Å². The quantitative estimate of drug-likeness (QED) is 0.524. The van der Waals surface area contributed by atoms with Crippen LogP contribution in [0.15, 0.2) is 41.8 Å². The normalized spacial score (nSPS) is 9.07. The zero-order chi connectivity index (χ0) is 10.5. The molecule has 2 aromatic rings. The molecule has 2 rings (SSSR count). The Hall–Kier alpha value is -1.85. The summed E-state index contributed by atoms with van der Waals surface area (Å²) >= 11 is 1.62. The van der Waals surface area contributed by atoms with Gasteiger partial charge in [-0.1, -0.05) is 30.0 Å². The molecular formula is C13H8OS. The molecule has 0 saturated carbocycles. The molecule has 0 aliphatic carbocycles. The molecule has 0 unspecified atom stereocenters. The molecule has 0 fully saturated rings. The lowest BCUT2D eigenvalue weighted by Gasteiger charge is -1.90. The van der Waals surface area contributed by atoms with Gasteiger partial charge in [0, 0.05) is 11.1 Å². The van der Waals surface area contributed by atoms with E-state index in [9.17, 15) is 4.79 Å². The second kappa shape index (κ2) is 4.59. The van der Waals surface area contributed by atoms with E-state index in [1.807, 2.05) is 29.6 Å². The van der Waals surface area contributed by atoms with Crippen LogP contribution in [-0.2, 0) is 0 Å². The zero-order valence-corrected chi connectivity index (χ0v) is 8.75. The van der Waals surface area contributed by atoms with Crippen LogP contribution in [0, 0.1) is 11.8 Å². The van der Waals surface area contributed by atoms with Crippen LogP contribution in [0.4, 0.5) is 0 Å². The molecule has 0 saturated heterocycles. The first kappa shape index (κ1) is 9.70. The van der Waals surface area contributed by atoms with Crippen molar-refractivity contribution in [3.63, 3.8) is 0 Å². The lowest BCUT2D eigenvalue weighted by Crippen LogP contribution is -1.79. The number of rotatable bonds is 1. The predicted molar refractivity (Wildman–Crippen MR) is 62.1 cm³/mol. The van der Waals surface area contributed by atoms with Gasteiger partial charge in [-0.15, -0.1) is 11.3 Å². The smallest absolute Gasteiger partial charge is 0.150 e. The minimum Gasteiger partial charge on any atom is -0.298 e. The maximum Gasteiger partial charge on any atom is 0.150 e. The molecule has 0 spiro atoms. The van der Waals surface area contributed by atoms with Gasteiger partial charge in [0.25, 0.3) is 0 Å². The highest BCUT2D eigenvalue weighted by Gasteiger charge is 1.89. The van der Waals surface area contributed by atoms with Crippen molar-refractivity contribution in [1.29, 1.82) is 0 Å². The average Bonchev–Trinajstić information content (AvgIpc) is 2.80. The van der Waals surface area contributed by atoms with Gasteiger partial charge >= 0.3 is 0 Å². The predicted octanol–water partition coefficient (Wildman–Crippen LogP) is 2.96. The van der Waals surface area contributed by atoms with Crippen molar-refractivity contribution in [3.05, 3.63) is 57.8 Å². The summed E-state index contributed by atoms with van der Waals surface area (Å²) < 4.78 is 0. The van der Waals surface area contributed by atoms with Crippen LogP contribution in [-0.4, -0.2) is 6.29 Å². The Morgan fingerprint density at radius 1 is 1.07 bits per heavy atom. The van der Waals surface area contributed by atoms with Gasteiger partial charge in [-0.2, -0.15) is 0 Å². The number of hydrogen-bond acceptors (Lipinski definition) is 2. The van der Waals surface area contributed by atoms with Crippen LogP contribution >= 0.6 is 11.3 Å². The van der Waals surface area contributed by atoms with E-state index in [-0.39, 0.29) is 0 Å². The van der Waals surface area contributed by atoms with Crippen LogP contribution < -0.4 is 0 Å². The van der Waals surface area contributed by atoms with Crippen molar-refractivity contribution in [2.75, 3.05) is 0 Å². The first-order chi connectivity index (χ1) is 7.38. The monoisotopic (exact) mass is 212 g/mol. The van der Waals surface area contributed by atoms with E-state index in [1.54, 1.807) is 23.5 Å². The summed E-state index contributed by atoms with van der Waals surface area (Å²) in [5.41, 5.74) is 1.60. The molecule has 1 heterocycles. The van der Waals surface area contributed by atoms with Gasteiger partial charge in [-0.05, 0) is 23.6 Å². The van der Waals surface area contributed by atoms with Crippen LogP contribution in [0.25, 0.3) is 0 Å². The van der Waals surface area contributed by atoms with Crippen LogP contribution in [0.2, 0.25) is 0 Å². The van der Waals surface area contributed by atoms with E-state index in [1.165, 1.54) is 0 Å². The highest BCUT2D eigenvalue weighted by Crippen LogP contribution is 2.07. The Bertz CT molecular complexity index is 498. The fourth-order valence-electron chi connectivity index (χ4n) is 1.13. The molecule has 0 bridgehead atoms. The van der Waals surface area contributed by atoms with Gasteiger partial charge in [0.1, 0.15) is 6.29 Å². The summed E-state index contributed by atoms with van der Waals surface area (Å²) in [6, 6.07) is 11.2. The largest absolute Gasteiger partial charge is 0.298 e. The third-order valence-electron chi connectivity index (χ3n) is 1.90. The fourth-order valence-corrected chi connectivity index (χ4v) is 1.70. The molecular weight excluding hydrogens is 204 g/mol. The molecule has 0 amide bonds. The maximum atomic E-state index is 10.4. The van der Waals surface area contributed by atoms with E-state index in [2.05, 4.69) is 11.8 Å². The van der Waals surface area contributed by atoms with Gasteiger partial charge in [0.05, 0.1) is 4.88 Å². The number of aldehydes is 1. The van der Waals surface area contributed by atoms with E-state index in [4.69, 9.17) is 0 Å². The van der Waals surface area contributed by atoms with Crippen LogP contribution in [0.1, 0.15) is 20.8 Å². The van der Waals surface area contributed by atoms with Crippen molar-refractivity contribution in [3.8, 4) is 11.8 Å². The summed E-state index contributed by atoms with van der Waals surface area (Å²) in [7, 11) is 0. The molecule has 0 aliphatic heterocycles. The standard InChI is InChI=1S/C13H8OS/c14-10-12-5-3-11(4-6-12)7-8-13-2-1-9-15-13/h1-6,9-10H. The minimum absolute atomic E-state index is 0.677. The summed E-state index contributed by atoms with van der Waals surface area (Å²) in [4.78, 5) is 11.5. The Labute approximate surface area is 92.4 Å². The van der Waals surface area contributed by atoms with Crippen LogP contribution in [0.3, 0.4) is 0 Å². The highest BCUT2D eigenvalue weighted by molar-refractivity contribution is 7.10. The van der Waals surface area contributed by atoms with E-state index < -0.39 is 0 Å². The number of carbonyl (C=O) groups excluding carboxylic acids is 1. The van der Waals surface area contributed by atoms with Crippen molar-refractivity contribution < 1.29 is 4.79 Å². The molecule has 72 valence electrons. The number of thiophene rings is 1. The second-order valence-corrected chi connectivity index (χ2v) is 3.91.